The van der Waals surface area contributed by atoms with E-state index in [0.717, 1.165) is 26.9 Å². The lowest BCUT2D eigenvalue weighted by atomic mass is 10.1. The Morgan fingerprint density at radius 3 is 2.32 bits per heavy atom. The van der Waals surface area contributed by atoms with Crippen molar-refractivity contribution in [3.05, 3.63) is 90.7 Å². The minimum absolute atomic E-state index is 0.366. The van der Waals surface area contributed by atoms with E-state index in [9.17, 15) is 4.79 Å². The lowest BCUT2D eigenvalue weighted by Crippen LogP contribution is -2.05. The molecule has 0 heterocycles. The van der Waals surface area contributed by atoms with Crippen molar-refractivity contribution >= 4 is 23.3 Å². The summed E-state index contributed by atoms with van der Waals surface area (Å²) in [6.45, 7) is 0. The van der Waals surface area contributed by atoms with Crippen LogP contribution in [0.4, 0.5) is 0 Å². The SMILES string of the molecule is CO/C=C(/C(=O)OC)c1ccccc1Sc1cccc(Oc2ccccc2)c1. The molecule has 0 unspecified atom stereocenters. The standard InChI is InChI=1S/C23H20O4S/c1-25-16-21(23(24)26-2)20-13-6-7-14-22(20)28-19-12-8-11-18(15-19)27-17-9-4-3-5-10-17/h3-16H,1-2H3/b21-16+. The third-order valence-corrected chi connectivity index (χ3v) is 4.90. The molecular weight excluding hydrogens is 372 g/mol. The number of carbonyl (C=O) groups excluding carboxylic acids is 1. The van der Waals surface area contributed by atoms with Gasteiger partial charge in [-0.15, -0.1) is 0 Å². The highest BCUT2D eigenvalue weighted by Gasteiger charge is 2.17. The lowest BCUT2D eigenvalue weighted by Gasteiger charge is -2.12. The topological polar surface area (TPSA) is 44.8 Å². The molecule has 3 aromatic carbocycles. The number of benzene rings is 3. The molecule has 0 N–H and O–H groups in total. The van der Waals surface area contributed by atoms with Gasteiger partial charge in [-0.2, -0.15) is 0 Å². The van der Waals surface area contributed by atoms with Crippen molar-refractivity contribution in [1.29, 1.82) is 0 Å². The largest absolute Gasteiger partial charge is 0.503 e. The van der Waals surface area contributed by atoms with E-state index >= 15 is 0 Å². The minimum Gasteiger partial charge on any atom is -0.503 e. The quantitative estimate of drug-likeness (QED) is 0.289. The number of ether oxygens (including phenoxy) is 3. The average Bonchev–Trinajstić information content (AvgIpc) is 2.73. The van der Waals surface area contributed by atoms with Gasteiger partial charge in [-0.1, -0.05) is 54.2 Å². The van der Waals surface area contributed by atoms with Gasteiger partial charge < -0.3 is 14.2 Å². The molecule has 0 saturated carbocycles. The molecule has 3 aromatic rings. The molecule has 0 spiro atoms. The molecule has 0 aliphatic rings. The van der Waals surface area contributed by atoms with Crippen LogP contribution >= 0.6 is 11.8 Å². The van der Waals surface area contributed by atoms with Gasteiger partial charge in [0.05, 0.1) is 20.5 Å². The first-order valence-corrected chi connectivity index (χ1v) is 9.44. The molecule has 0 saturated heterocycles. The highest BCUT2D eigenvalue weighted by Crippen LogP contribution is 2.36. The fourth-order valence-corrected chi connectivity index (χ4v) is 3.59. The number of esters is 1. The number of hydrogen-bond acceptors (Lipinski definition) is 5. The van der Waals surface area contributed by atoms with Gasteiger partial charge >= 0.3 is 5.97 Å². The van der Waals surface area contributed by atoms with Crippen LogP contribution in [0.15, 0.2) is 94.9 Å². The van der Waals surface area contributed by atoms with Crippen molar-refractivity contribution < 1.29 is 19.0 Å². The van der Waals surface area contributed by atoms with Gasteiger partial charge in [-0.25, -0.2) is 4.79 Å². The predicted molar refractivity (Wildman–Crippen MR) is 111 cm³/mol. The Morgan fingerprint density at radius 2 is 1.57 bits per heavy atom. The fourth-order valence-electron chi connectivity index (χ4n) is 2.58. The molecule has 0 fully saturated rings. The Kier molecular flexibility index (Phi) is 6.76. The van der Waals surface area contributed by atoms with Crippen LogP contribution < -0.4 is 4.74 Å². The maximum atomic E-state index is 12.2. The van der Waals surface area contributed by atoms with E-state index in [2.05, 4.69) is 0 Å². The van der Waals surface area contributed by atoms with Gasteiger partial charge in [0.1, 0.15) is 17.1 Å². The molecule has 0 bridgehead atoms. The van der Waals surface area contributed by atoms with Crippen molar-refractivity contribution in [3.8, 4) is 11.5 Å². The summed E-state index contributed by atoms with van der Waals surface area (Å²) < 4.78 is 15.9. The maximum absolute atomic E-state index is 12.2. The molecule has 0 aliphatic carbocycles. The minimum atomic E-state index is -0.448. The first-order chi connectivity index (χ1) is 13.7. The van der Waals surface area contributed by atoms with Crippen LogP contribution in [-0.4, -0.2) is 20.2 Å². The summed E-state index contributed by atoms with van der Waals surface area (Å²) >= 11 is 1.54. The van der Waals surface area contributed by atoms with Gasteiger partial charge in [0.25, 0.3) is 0 Å². The summed E-state index contributed by atoms with van der Waals surface area (Å²) in [6, 6.07) is 25.1. The monoisotopic (exact) mass is 392 g/mol. The number of para-hydroxylation sites is 1. The summed E-state index contributed by atoms with van der Waals surface area (Å²) in [5.41, 5.74) is 1.11. The fraction of sp³-hybridized carbons (Fsp3) is 0.0870. The van der Waals surface area contributed by atoms with Crippen LogP contribution in [0.2, 0.25) is 0 Å². The van der Waals surface area contributed by atoms with Crippen LogP contribution in [0.3, 0.4) is 0 Å². The van der Waals surface area contributed by atoms with E-state index in [4.69, 9.17) is 14.2 Å². The van der Waals surface area contributed by atoms with Gasteiger partial charge in [-0.05, 0) is 36.4 Å². The van der Waals surface area contributed by atoms with Crippen LogP contribution in [0.1, 0.15) is 5.56 Å². The van der Waals surface area contributed by atoms with Crippen LogP contribution in [0.25, 0.3) is 5.57 Å². The second-order valence-corrected chi connectivity index (χ2v) is 6.86. The second-order valence-electron chi connectivity index (χ2n) is 5.75. The van der Waals surface area contributed by atoms with E-state index in [1.165, 1.54) is 32.2 Å². The zero-order valence-electron chi connectivity index (χ0n) is 15.6. The van der Waals surface area contributed by atoms with Crippen LogP contribution in [-0.2, 0) is 14.3 Å². The number of carbonyl (C=O) groups is 1. The summed E-state index contributed by atoms with van der Waals surface area (Å²) in [6.07, 6.45) is 1.40. The molecule has 3 rings (SSSR count). The van der Waals surface area contributed by atoms with Crippen molar-refractivity contribution in [2.75, 3.05) is 14.2 Å². The lowest BCUT2D eigenvalue weighted by molar-refractivity contribution is -0.133. The Bertz CT molecular complexity index is 967. The third-order valence-electron chi connectivity index (χ3n) is 3.83. The van der Waals surface area contributed by atoms with Crippen molar-refractivity contribution in [2.24, 2.45) is 0 Å². The highest BCUT2D eigenvalue weighted by molar-refractivity contribution is 7.99. The Hall–Kier alpha value is -3.18. The summed E-state index contributed by atoms with van der Waals surface area (Å²) in [7, 11) is 2.86. The highest BCUT2D eigenvalue weighted by atomic mass is 32.2. The van der Waals surface area contributed by atoms with Crippen molar-refractivity contribution in [3.63, 3.8) is 0 Å². The molecule has 4 nitrogen and oxygen atoms in total. The molecule has 0 aromatic heterocycles. The van der Waals surface area contributed by atoms with Gasteiger partial charge in [0.2, 0.25) is 0 Å². The van der Waals surface area contributed by atoms with E-state index in [0.29, 0.717) is 5.57 Å². The third kappa shape index (κ3) is 4.96. The van der Waals surface area contributed by atoms with E-state index in [1.54, 1.807) is 0 Å². The van der Waals surface area contributed by atoms with Crippen LogP contribution in [0.5, 0.6) is 11.5 Å². The van der Waals surface area contributed by atoms with Crippen LogP contribution in [0, 0.1) is 0 Å². The maximum Gasteiger partial charge on any atom is 0.341 e. The first-order valence-electron chi connectivity index (χ1n) is 8.63. The summed E-state index contributed by atoms with van der Waals surface area (Å²) in [4.78, 5) is 14.1. The van der Waals surface area contributed by atoms with Crippen molar-refractivity contribution in [2.45, 2.75) is 9.79 Å². The number of rotatable bonds is 7. The van der Waals surface area contributed by atoms with Crippen molar-refractivity contribution in [1.82, 2.24) is 0 Å². The molecule has 5 heteroatoms. The molecule has 0 radical (unpaired) electrons. The molecule has 0 atom stereocenters. The zero-order valence-corrected chi connectivity index (χ0v) is 16.4. The average molecular weight is 392 g/mol. The molecule has 142 valence electrons. The van der Waals surface area contributed by atoms with Gasteiger partial charge in [0.15, 0.2) is 0 Å². The zero-order chi connectivity index (χ0) is 19.8. The predicted octanol–water partition coefficient (Wildman–Crippen LogP) is 5.79. The Morgan fingerprint density at radius 1 is 0.857 bits per heavy atom. The summed E-state index contributed by atoms with van der Waals surface area (Å²) in [5.74, 6) is 1.08. The van der Waals surface area contributed by atoms with Gasteiger partial charge in [-0.3, -0.25) is 0 Å². The number of hydrogen-bond donors (Lipinski definition) is 0. The molecule has 0 aliphatic heterocycles. The summed E-state index contributed by atoms with van der Waals surface area (Å²) in [5, 5.41) is 0. The van der Waals surface area contributed by atoms with Gasteiger partial charge in [0, 0.05) is 15.4 Å². The number of methoxy groups -OCH3 is 2. The smallest absolute Gasteiger partial charge is 0.341 e. The second kappa shape index (κ2) is 9.67. The molecule has 0 amide bonds. The van der Waals surface area contributed by atoms with E-state index in [-0.39, 0.29) is 0 Å². The normalized spacial score (nSPS) is 11.0. The molecular formula is C23H20O4S. The first kappa shape index (κ1) is 19.6. The Balaban J connectivity index is 1.87. The van der Waals surface area contributed by atoms with E-state index < -0.39 is 5.97 Å². The Labute approximate surface area is 168 Å². The van der Waals surface area contributed by atoms with E-state index in [1.807, 2.05) is 78.9 Å². The molecule has 28 heavy (non-hydrogen) atoms.